The average molecular weight is 235 g/mol. The van der Waals surface area contributed by atoms with Crippen LogP contribution in [0.5, 0.6) is 0 Å². The number of carboxylic acid groups (broad SMARTS) is 1. The van der Waals surface area contributed by atoms with Gasteiger partial charge in [-0.05, 0) is 50.9 Å². The summed E-state index contributed by atoms with van der Waals surface area (Å²) < 4.78 is 0. The predicted molar refractivity (Wildman–Crippen MR) is 69.5 cm³/mol. The summed E-state index contributed by atoms with van der Waals surface area (Å²) in [6.07, 6.45) is 0.921. The molecular formula is C14H21NO2. The number of hydrogen-bond donors (Lipinski definition) is 2. The molecule has 3 nitrogen and oxygen atoms in total. The standard InChI is InChI=1S/C14H21NO2/c1-9-5-10(2)13(11(3)6-9)7-12(15-4)8-14(16)17/h5-6,12,15H,7-8H2,1-4H3,(H,16,17). The summed E-state index contributed by atoms with van der Waals surface area (Å²) in [4.78, 5) is 10.7. The number of nitrogens with one attached hydrogen (secondary N) is 1. The summed E-state index contributed by atoms with van der Waals surface area (Å²) in [5, 5.41) is 11.9. The Hall–Kier alpha value is -1.35. The smallest absolute Gasteiger partial charge is 0.304 e. The third kappa shape index (κ3) is 3.86. The molecule has 0 bridgehead atoms. The Morgan fingerprint density at radius 2 is 1.82 bits per heavy atom. The van der Waals surface area contributed by atoms with Crippen LogP contribution in [-0.2, 0) is 11.2 Å². The molecule has 1 atom stereocenters. The van der Waals surface area contributed by atoms with Crippen molar-refractivity contribution in [1.82, 2.24) is 5.32 Å². The summed E-state index contributed by atoms with van der Waals surface area (Å²) in [5.41, 5.74) is 5.00. The van der Waals surface area contributed by atoms with Gasteiger partial charge in [-0.2, -0.15) is 0 Å². The molecule has 0 saturated carbocycles. The lowest BCUT2D eigenvalue weighted by Gasteiger charge is -2.18. The first-order chi connectivity index (χ1) is 7.93. The van der Waals surface area contributed by atoms with Gasteiger partial charge in [-0.1, -0.05) is 17.7 Å². The molecule has 0 saturated heterocycles. The fraction of sp³-hybridized carbons (Fsp3) is 0.500. The highest BCUT2D eigenvalue weighted by Gasteiger charge is 2.14. The number of aliphatic carboxylic acids is 1. The van der Waals surface area contributed by atoms with Crippen molar-refractivity contribution >= 4 is 5.97 Å². The molecule has 1 unspecified atom stereocenters. The lowest BCUT2D eigenvalue weighted by atomic mass is 9.93. The zero-order valence-corrected chi connectivity index (χ0v) is 11.0. The van der Waals surface area contributed by atoms with Gasteiger partial charge in [0.25, 0.3) is 0 Å². The molecule has 2 N–H and O–H groups in total. The summed E-state index contributed by atoms with van der Waals surface area (Å²) in [6.45, 7) is 6.25. The molecule has 1 aromatic carbocycles. The number of benzene rings is 1. The van der Waals surface area contributed by atoms with Crippen LogP contribution in [0.3, 0.4) is 0 Å². The molecular weight excluding hydrogens is 214 g/mol. The third-order valence-electron chi connectivity index (χ3n) is 3.12. The van der Waals surface area contributed by atoms with Gasteiger partial charge in [0.15, 0.2) is 0 Å². The van der Waals surface area contributed by atoms with Crippen LogP contribution in [-0.4, -0.2) is 24.2 Å². The van der Waals surface area contributed by atoms with Gasteiger partial charge < -0.3 is 10.4 Å². The van der Waals surface area contributed by atoms with Crippen LogP contribution in [0.2, 0.25) is 0 Å². The molecule has 0 fully saturated rings. The van der Waals surface area contributed by atoms with Gasteiger partial charge in [0.05, 0.1) is 6.42 Å². The van der Waals surface area contributed by atoms with E-state index in [2.05, 4.69) is 38.2 Å². The highest BCUT2D eigenvalue weighted by Crippen LogP contribution is 2.18. The molecule has 1 aromatic rings. The van der Waals surface area contributed by atoms with E-state index >= 15 is 0 Å². The molecule has 17 heavy (non-hydrogen) atoms. The molecule has 0 aliphatic heterocycles. The molecule has 94 valence electrons. The molecule has 1 rings (SSSR count). The van der Waals surface area contributed by atoms with Gasteiger partial charge in [-0.15, -0.1) is 0 Å². The van der Waals surface area contributed by atoms with Crippen LogP contribution in [0.4, 0.5) is 0 Å². The minimum atomic E-state index is -0.758. The minimum Gasteiger partial charge on any atom is -0.481 e. The highest BCUT2D eigenvalue weighted by molar-refractivity contribution is 5.67. The molecule has 0 amide bonds. The van der Waals surface area contributed by atoms with E-state index in [9.17, 15) is 4.79 Å². The lowest BCUT2D eigenvalue weighted by Crippen LogP contribution is -2.30. The van der Waals surface area contributed by atoms with Crippen molar-refractivity contribution in [3.8, 4) is 0 Å². The predicted octanol–water partition coefficient (Wildman–Crippen LogP) is 2.22. The van der Waals surface area contributed by atoms with Crippen molar-refractivity contribution in [1.29, 1.82) is 0 Å². The van der Waals surface area contributed by atoms with E-state index in [0.717, 1.165) is 6.42 Å². The largest absolute Gasteiger partial charge is 0.481 e. The molecule has 0 heterocycles. The topological polar surface area (TPSA) is 49.3 Å². The number of rotatable bonds is 5. The number of carboxylic acids is 1. The minimum absolute atomic E-state index is 0.00685. The van der Waals surface area contributed by atoms with Gasteiger partial charge >= 0.3 is 5.97 Å². The van der Waals surface area contributed by atoms with Crippen molar-refractivity contribution in [2.24, 2.45) is 0 Å². The molecule has 0 radical (unpaired) electrons. The van der Waals surface area contributed by atoms with Gasteiger partial charge in [-0.3, -0.25) is 4.79 Å². The second-order valence-electron chi connectivity index (χ2n) is 4.66. The number of hydrogen-bond acceptors (Lipinski definition) is 2. The number of aryl methyl sites for hydroxylation is 3. The third-order valence-corrected chi connectivity index (χ3v) is 3.12. The van der Waals surface area contributed by atoms with Crippen LogP contribution < -0.4 is 5.32 Å². The van der Waals surface area contributed by atoms with E-state index in [1.807, 2.05) is 7.05 Å². The van der Waals surface area contributed by atoms with Crippen molar-refractivity contribution in [2.75, 3.05) is 7.05 Å². The van der Waals surface area contributed by atoms with Crippen molar-refractivity contribution in [2.45, 2.75) is 39.7 Å². The Labute approximate surface area is 103 Å². The summed E-state index contributed by atoms with van der Waals surface area (Å²) >= 11 is 0. The Balaban J connectivity index is 2.89. The van der Waals surface area contributed by atoms with E-state index in [-0.39, 0.29) is 12.5 Å². The average Bonchev–Trinajstić information content (AvgIpc) is 2.20. The normalized spacial score (nSPS) is 12.5. The second kappa shape index (κ2) is 5.82. The summed E-state index contributed by atoms with van der Waals surface area (Å²) in [6, 6.07) is 4.29. The molecule has 3 heteroatoms. The van der Waals surface area contributed by atoms with Gasteiger partial charge in [0.2, 0.25) is 0 Å². The second-order valence-corrected chi connectivity index (χ2v) is 4.66. The van der Waals surface area contributed by atoms with Crippen LogP contribution in [0.25, 0.3) is 0 Å². The maximum absolute atomic E-state index is 10.7. The fourth-order valence-electron chi connectivity index (χ4n) is 2.27. The quantitative estimate of drug-likeness (QED) is 0.822. The molecule has 0 aromatic heterocycles. The zero-order valence-electron chi connectivity index (χ0n) is 11.0. The van der Waals surface area contributed by atoms with E-state index in [1.54, 1.807) is 0 Å². The SMILES string of the molecule is CNC(CC(=O)O)Cc1c(C)cc(C)cc1C. The first-order valence-electron chi connectivity index (χ1n) is 5.89. The maximum Gasteiger partial charge on any atom is 0.304 e. The number of carbonyl (C=O) groups is 1. The van der Waals surface area contributed by atoms with Gasteiger partial charge in [-0.25, -0.2) is 0 Å². The first kappa shape index (κ1) is 13.7. The van der Waals surface area contributed by atoms with E-state index < -0.39 is 5.97 Å². The van der Waals surface area contributed by atoms with Gasteiger partial charge in [0.1, 0.15) is 0 Å². The van der Waals surface area contributed by atoms with Crippen LogP contribution in [0, 0.1) is 20.8 Å². The van der Waals surface area contributed by atoms with Crippen molar-refractivity contribution in [3.05, 3.63) is 34.4 Å². The summed E-state index contributed by atoms with van der Waals surface area (Å²) in [7, 11) is 1.81. The van der Waals surface area contributed by atoms with Crippen LogP contribution in [0.1, 0.15) is 28.7 Å². The fourth-order valence-corrected chi connectivity index (χ4v) is 2.27. The van der Waals surface area contributed by atoms with Crippen LogP contribution >= 0.6 is 0 Å². The molecule has 0 spiro atoms. The number of likely N-dealkylation sites (N-methyl/N-ethyl adjacent to an activating group) is 1. The Morgan fingerprint density at radius 3 is 2.24 bits per heavy atom. The van der Waals surface area contributed by atoms with Gasteiger partial charge in [0, 0.05) is 6.04 Å². The Bertz CT molecular complexity index is 390. The Kier molecular flexibility index (Phi) is 4.70. The Morgan fingerprint density at radius 1 is 1.29 bits per heavy atom. The molecule has 0 aliphatic carbocycles. The first-order valence-corrected chi connectivity index (χ1v) is 5.89. The van der Waals surface area contributed by atoms with E-state index in [4.69, 9.17) is 5.11 Å². The maximum atomic E-state index is 10.7. The zero-order chi connectivity index (χ0) is 13.0. The van der Waals surface area contributed by atoms with E-state index in [1.165, 1.54) is 22.3 Å². The lowest BCUT2D eigenvalue weighted by molar-refractivity contribution is -0.137. The summed E-state index contributed by atoms with van der Waals surface area (Å²) in [5.74, 6) is -0.758. The highest BCUT2D eigenvalue weighted by atomic mass is 16.4. The van der Waals surface area contributed by atoms with E-state index in [0.29, 0.717) is 0 Å². The monoisotopic (exact) mass is 235 g/mol. The van der Waals surface area contributed by atoms with Crippen molar-refractivity contribution in [3.63, 3.8) is 0 Å². The molecule has 0 aliphatic rings. The van der Waals surface area contributed by atoms with Crippen LogP contribution in [0.15, 0.2) is 12.1 Å². The van der Waals surface area contributed by atoms with Crippen molar-refractivity contribution < 1.29 is 9.90 Å².